The maximum Gasteiger partial charge on any atom is 1.00 e. The molecule has 0 heterocycles. The van der Waals surface area contributed by atoms with Crippen LogP contribution in [0.15, 0.2) is 0 Å². The molecule has 0 aliphatic rings. The van der Waals surface area contributed by atoms with E-state index in [-0.39, 0.29) is 71.1 Å². The van der Waals surface area contributed by atoms with Crippen LogP contribution in [0.5, 0.6) is 0 Å². The second kappa shape index (κ2) is 52.9. The molecule has 0 atom stereocenters. The van der Waals surface area contributed by atoms with Crippen molar-refractivity contribution in [3.63, 3.8) is 0 Å². The molecule has 0 amide bonds. The smallest absolute Gasteiger partial charge is 0.662 e. The van der Waals surface area contributed by atoms with Crippen LogP contribution in [-0.4, -0.2) is 47.6 Å². The topological polar surface area (TPSA) is 120 Å². The fraction of sp³-hybridized carbons (Fsp3) is 0. The summed E-state index contributed by atoms with van der Waals surface area (Å²) >= 11 is 0. The van der Waals surface area contributed by atoms with Crippen molar-refractivity contribution in [2.75, 3.05) is 0 Å². The minimum Gasteiger partial charge on any atom is -0.662 e. The summed E-state index contributed by atoms with van der Waals surface area (Å²) in [7, 11) is 0. The Morgan fingerprint density at radius 1 is 1.60 bits per heavy atom. The zero-order valence-corrected chi connectivity index (χ0v) is 9.73. The molecule has 0 spiro atoms. The van der Waals surface area contributed by atoms with Gasteiger partial charge in [0.25, 0.3) is 6.47 Å². The van der Waals surface area contributed by atoms with Gasteiger partial charge in [-0.25, -0.2) is 5.11 Å². The Kier molecular flexibility index (Phi) is 163. The van der Waals surface area contributed by atoms with E-state index in [0.29, 0.717) is 6.47 Å². The van der Waals surface area contributed by atoms with Gasteiger partial charge in [-0.3, -0.25) is 4.79 Å². The van der Waals surface area contributed by atoms with Crippen molar-refractivity contribution in [1.29, 1.82) is 0 Å². The minimum absolute atomic E-state index is 0. The summed E-state index contributed by atoms with van der Waals surface area (Å²) in [6.07, 6.45) is 0. The van der Waals surface area contributed by atoms with Crippen LogP contribution in [0.4, 0.5) is 0 Å². The molecule has 8 heteroatoms. The van der Waals surface area contributed by atoms with Gasteiger partial charge in [0.2, 0.25) is 0 Å². The Labute approximate surface area is 101 Å². The van der Waals surface area contributed by atoms with E-state index >= 15 is 0 Å². The largest absolute Gasteiger partial charge is 1.00 e. The number of carbonyl (C=O) groups is 1. The molecule has 0 fully saturated rings. The van der Waals surface area contributed by atoms with E-state index in [0.717, 1.165) is 0 Å². The first-order chi connectivity index (χ1) is 3.33. The standard InChI is InChI=1S/CH2O3.CHO2.2Na.H2O/c2-1-4-3;2-1-3;;;/h1,3H;(H,2,3);;;1H2/q;+1;;+1;. The van der Waals surface area contributed by atoms with Gasteiger partial charge in [0, 0.05) is 29.6 Å². The Bertz CT molecular complexity index is 49.0. The maximum absolute atomic E-state index is 8.64. The van der Waals surface area contributed by atoms with Gasteiger partial charge in [-0.1, -0.05) is 0 Å². The number of hydrogen-bond donors (Lipinski definition) is 1. The Hall–Kier alpha value is 0.770. The van der Waals surface area contributed by atoms with Crippen LogP contribution in [-0.2, 0) is 20.0 Å². The van der Waals surface area contributed by atoms with Crippen molar-refractivity contribution in [1.82, 2.24) is 0 Å². The molecule has 0 bridgehead atoms. The summed E-state index contributed by atoms with van der Waals surface area (Å²) < 4.78 is 0. The molecule has 6 nitrogen and oxygen atoms in total. The normalized spacial score (nSPS) is 2.90. The second-order valence-corrected chi connectivity index (χ2v) is 0.284. The van der Waals surface area contributed by atoms with Gasteiger partial charge in [0.15, 0.2) is 0 Å². The molecule has 10 heavy (non-hydrogen) atoms. The van der Waals surface area contributed by atoms with Crippen LogP contribution in [0.25, 0.3) is 0 Å². The predicted molar refractivity (Wildman–Crippen MR) is 26.1 cm³/mol. The minimum atomic E-state index is -0.181. The summed E-state index contributed by atoms with van der Waals surface area (Å²) in [5, 5.41) is 15.2. The van der Waals surface area contributed by atoms with Crippen molar-refractivity contribution in [2.24, 2.45) is 0 Å². The molecule has 0 unspecified atom stereocenters. The predicted octanol–water partition coefficient (Wildman–Crippen LogP) is -6.25. The zero-order valence-electron chi connectivity index (χ0n) is 5.73. The van der Waals surface area contributed by atoms with Gasteiger partial charge >= 0.3 is 36.0 Å². The average molecular weight is 171 g/mol. The van der Waals surface area contributed by atoms with Crippen molar-refractivity contribution >= 4 is 42.5 Å². The molecule has 0 aliphatic heterocycles. The van der Waals surface area contributed by atoms with Crippen molar-refractivity contribution in [3.8, 4) is 0 Å². The Balaban J connectivity index is -0.0000000131. The van der Waals surface area contributed by atoms with Crippen LogP contribution >= 0.6 is 0 Å². The van der Waals surface area contributed by atoms with Crippen molar-refractivity contribution in [2.45, 2.75) is 0 Å². The van der Waals surface area contributed by atoms with Crippen LogP contribution in [0.1, 0.15) is 0 Å². The summed E-state index contributed by atoms with van der Waals surface area (Å²) in [6, 6.07) is 0. The fourth-order valence-corrected chi connectivity index (χ4v) is 0. The second-order valence-electron chi connectivity index (χ2n) is 0.284. The first-order valence-corrected chi connectivity index (χ1v) is 1.07. The van der Waals surface area contributed by atoms with Gasteiger partial charge in [-0.2, -0.15) is 0 Å². The molecule has 1 radical (unpaired) electrons. The van der Waals surface area contributed by atoms with Crippen LogP contribution in [0, 0.1) is 0 Å². The number of carbonyl (C=O) groups excluding carboxylic acids is 1. The number of rotatable bonds is 1. The molecular weight excluding hydrogens is 166 g/mol. The molecule has 0 aromatic heterocycles. The third-order valence-corrected chi connectivity index (χ3v) is 0.0393. The summed E-state index contributed by atoms with van der Waals surface area (Å²) in [5.74, 6) is 0. The molecule has 0 saturated carbocycles. The molecule has 4 N–H and O–H groups in total. The van der Waals surface area contributed by atoms with E-state index in [1.165, 1.54) is 0 Å². The summed E-state index contributed by atoms with van der Waals surface area (Å²) in [6.45, 7) is 0.319. The van der Waals surface area contributed by atoms with Crippen LogP contribution in [0.2, 0.25) is 0 Å². The molecule has 0 saturated heterocycles. The number of hydrogen-bond acceptors (Lipinski definition) is 4. The first kappa shape index (κ1) is 30.9. The van der Waals surface area contributed by atoms with Gasteiger partial charge < -0.3 is 15.6 Å². The summed E-state index contributed by atoms with van der Waals surface area (Å²) in [4.78, 5) is 19.5. The maximum atomic E-state index is 8.64. The van der Waals surface area contributed by atoms with Crippen LogP contribution in [0.3, 0.4) is 0 Å². The van der Waals surface area contributed by atoms with Gasteiger partial charge in [-0.05, 0) is 0 Å². The number of aliphatic hydroxyl groups excluding tert-OH is 1. The van der Waals surface area contributed by atoms with Crippen molar-refractivity contribution in [3.05, 3.63) is 0 Å². The fourth-order valence-electron chi connectivity index (χ4n) is 0. The van der Waals surface area contributed by atoms with Gasteiger partial charge in [-0.15, -0.1) is 0 Å². The van der Waals surface area contributed by atoms with E-state index in [2.05, 4.69) is 4.89 Å². The van der Waals surface area contributed by atoms with E-state index in [9.17, 15) is 0 Å². The molecular formula is C2H5Na2O6+2. The third-order valence-electron chi connectivity index (χ3n) is 0.0393. The quantitative estimate of drug-likeness (QED) is 0.105. The Morgan fingerprint density at radius 3 is 1.70 bits per heavy atom. The summed E-state index contributed by atoms with van der Waals surface area (Å²) in [5.41, 5.74) is 0. The first-order valence-electron chi connectivity index (χ1n) is 1.07. The van der Waals surface area contributed by atoms with Gasteiger partial charge in [0.05, 0.1) is 4.79 Å². The molecule has 0 rings (SSSR count). The SMILES string of the molecule is O=CO[O-].O=[C+]O.[Na+].[Na].[OH3+]. The van der Waals surface area contributed by atoms with E-state index in [4.69, 9.17) is 20.0 Å². The molecule has 0 aliphatic carbocycles. The van der Waals surface area contributed by atoms with Crippen LogP contribution < -0.4 is 34.8 Å². The van der Waals surface area contributed by atoms with E-state index in [1.54, 1.807) is 0 Å². The van der Waals surface area contributed by atoms with Gasteiger partial charge in [0.1, 0.15) is 0 Å². The van der Waals surface area contributed by atoms with E-state index in [1.807, 2.05) is 0 Å². The zero-order chi connectivity index (χ0) is 6.12. The molecule has 0 aromatic rings. The van der Waals surface area contributed by atoms with E-state index < -0.39 is 0 Å². The third kappa shape index (κ3) is 169. The molecule has 49 valence electrons. The van der Waals surface area contributed by atoms with Crippen molar-refractivity contribution < 1.29 is 59.9 Å². The Morgan fingerprint density at radius 2 is 1.70 bits per heavy atom. The monoisotopic (exact) mass is 171 g/mol. The molecule has 0 aromatic carbocycles. The average Bonchev–Trinajstić information content (AvgIpc) is 1.69.